The molecule has 0 aliphatic carbocycles. The van der Waals surface area contributed by atoms with Crippen molar-refractivity contribution in [3.05, 3.63) is 11.9 Å². The van der Waals surface area contributed by atoms with Crippen molar-refractivity contribution in [2.75, 3.05) is 0 Å². The molecule has 0 aliphatic rings. The molecule has 1 atom stereocenters. The van der Waals surface area contributed by atoms with E-state index < -0.39 is 22.9 Å². The third-order valence-corrected chi connectivity index (χ3v) is 1.31. The molecule has 0 spiro atoms. The maximum Gasteiger partial charge on any atom is 0.344 e. The molecule has 0 fully saturated rings. The summed E-state index contributed by atoms with van der Waals surface area (Å²) in [4.78, 5) is 0. The van der Waals surface area contributed by atoms with E-state index in [2.05, 4.69) is 0 Å². The minimum absolute atomic E-state index is 1.64. The van der Waals surface area contributed by atoms with E-state index in [1.54, 1.807) is 15.9 Å². The van der Waals surface area contributed by atoms with Crippen molar-refractivity contribution in [1.82, 2.24) is 0 Å². The summed E-state index contributed by atoms with van der Waals surface area (Å²) in [5.41, 5.74) is 0. The summed E-state index contributed by atoms with van der Waals surface area (Å²) in [6.07, 6.45) is -3.22. The second-order valence-corrected chi connectivity index (χ2v) is 2.30. The first-order chi connectivity index (χ1) is 4.80. The lowest BCUT2D eigenvalue weighted by molar-refractivity contribution is -0.0233. The van der Waals surface area contributed by atoms with Gasteiger partial charge in [-0.25, -0.2) is 4.39 Å². The van der Waals surface area contributed by atoms with Gasteiger partial charge in [0.2, 0.25) is 10.9 Å². The summed E-state index contributed by atoms with van der Waals surface area (Å²) < 4.78 is 69.3. The molecule has 0 aromatic carbocycles. The van der Waals surface area contributed by atoms with Gasteiger partial charge in [0.25, 0.3) is 0 Å². The second-order valence-electron chi connectivity index (χ2n) is 1.50. The minimum atomic E-state index is -4.81. The van der Waals surface area contributed by atoms with Crippen molar-refractivity contribution in [3.63, 3.8) is 0 Å². The number of allylic oxidation sites excluding steroid dienone is 1. The number of halogens is 7. The van der Waals surface area contributed by atoms with Crippen molar-refractivity contribution in [1.29, 1.82) is 0 Å². The normalized spacial score (nSPS) is 14.5. The summed E-state index contributed by atoms with van der Waals surface area (Å²) in [5, 5.41) is -3.16. The number of rotatable bonds is 2. The van der Waals surface area contributed by atoms with Crippen LogP contribution in [-0.4, -0.2) is 11.0 Å². The highest BCUT2D eigenvalue weighted by Crippen LogP contribution is 2.36. The van der Waals surface area contributed by atoms with Gasteiger partial charge in [0, 0.05) is 0 Å². The first-order valence-corrected chi connectivity index (χ1v) is 3.09. The highest BCUT2D eigenvalue weighted by atomic mass is 79.9. The van der Waals surface area contributed by atoms with Crippen LogP contribution in [0.25, 0.3) is 0 Å². The molecule has 66 valence electrons. The lowest BCUT2D eigenvalue weighted by Gasteiger charge is -2.12. The molecule has 0 aromatic rings. The molecule has 0 bridgehead atoms. The SMILES string of the molecule is FC(F)=C(F)C(F)(F)C(F)Br. The fraction of sp³-hybridized carbons (Fsp3) is 0.500. The zero-order chi connectivity index (χ0) is 9.23. The van der Waals surface area contributed by atoms with Crippen LogP contribution in [0.2, 0.25) is 0 Å². The van der Waals surface area contributed by atoms with Gasteiger partial charge in [0.15, 0.2) is 0 Å². The van der Waals surface area contributed by atoms with E-state index in [1.807, 2.05) is 0 Å². The van der Waals surface area contributed by atoms with E-state index in [1.165, 1.54) is 0 Å². The maximum atomic E-state index is 11.9. The van der Waals surface area contributed by atoms with Crippen LogP contribution in [0, 0.1) is 0 Å². The van der Waals surface area contributed by atoms with Crippen molar-refractivity contribution in [2.45, 2.75) is 11.0 Å². The summed E-state index contributed by atoms with van der Waals surface area (Å²) in [6.45, 7) is 0. The molecule has 0 nitrogen and oxygen atoms in total. The van der Waals surface area contributed by atoms with E-state index in [4.69, 9.17) is 0 Å². The van der Waals surface area contributed by atoms with Crippen molar-refractivity contribution in [3.8, 4) is 0 Å². The smallest absolute Gasteiger partial charge is 0.228 e. The molecule has 0 saturated carbocycles. The third-order valence-electron chi connectivity index (χ3n) is 0.733. The van der Waals surface area contributed by atoms with Crippen molar-refractivity contribution in [2.24, 2.45) is 0 Å². The Hall–Kier alpha value is -0.200. The third kappa shape index (κ3) is 2.39. The Kier molecular flexibility index (Phi) is 3.40. The monoisotopic (exact) mass is 242 g/mol. The summed E-state index contributed by atoms with van der Waals surface area (Å²) >= 11 is 1.64. The first kappa shape index (κ1) is 10.8. The second kappa shape index (κ2) is 3.46. The molecule has 0 amide bonds. The zero-order valence-corrected chi connectivity index (χ0v) is 6.31. The fourth-order valence-electron chi connectivity index (χ4n) is 0.222. The van der Waals surface area contributed by atoms with Gasteiger partial charge in [-0.05, 0) is 15.9 Å². The zero-order valence-electron chi connectivity index (χ0n) is 4.72. The van der Waals surface area contributed by atoms with Gasteiger partial charge < -0.3 is 0 Å². The highest BCUT2D eigenvalue weighted by molar-refractivity contribution is 9.09. The molecular weight excluding hydrogens is 242 g/mol. The van der Waals surface area contributed by atoms with Crippen LogP contribution in [-0.2, 0) is 0 Å². The number of hydrogen-bond acceptors (Lipinski definition) is 0. The van der Waals surface area contributed by atoms with Crippen LogP contribution in [0.4, 0.5) is 26.3 Å². The van der Waals surface area contributed by atoms with E-state index in [0.717, 1.165) is 0 Å². The van der Waals surface area contributed by atoms with Gasteiger partial charge in [-0.3, -0.25) is 0 Å². The Morgan fingerprint density at radius 2 is 1.55 bits per heavy atom. The predicted octanol–water partition coefficient (Wildman–Crippen LogP) is 3.39. The standard InChI is InChI=1S/C4HBrF6/c5-3(9)4(10,11)1(6)2(7)8/h3H. The molecule has 0 heterocycles. The van der Waals surface area contributed by atoms with Crippen molar-refractivity contribution < 1.29 is 26.3 Å². The summed E-state index contributed by atoms with van der Waals surface area (Å²) in [5.74, 6) is -7.86. The molecular formula is C4HBrF6. The van der Waals surface area contributed by atoms with E-state index in [-0.39, 0.29) is 0 Å². The topological polar surface area (TPSA) is 0 Å². The minimum Gasteiger partial charge on any atom is -0.228 e. The fourth-order valence-corrected chi connectivity index (χ4v) is 0.423. The van der Waals surface area contributed by atoms with Crippen molar-refractivity contribution >= 4 is 15.9 Å². The van der Waals surface area contributed by atoms with Gasteiger partial charge in [0.1, 0.15) is 0 Å². The van der Waals surface area contributed by atoms with Gasteiger partial charge in [0.05, 0.1) is 0 Å². The molecule has 0 rings (SSSR count). The molecule has 11 heavy (non-hydrogen) atoms. The number of hydrogen-bond donors (Lipinski definition) is 0. The average molecular weight is 243 g/mol. The molecule has 0 aliphatic heterocycles. The van der Waals surface area contributed by atoms with E-state index >= 15 is 0 Å². The van der Waals surface area contributed by atoms with Crippen LogP contribution in [0.1, 0.15) is 0 Å². The lowest BCUT2D eigenvalue weighted by atomic mass is 10.3. The molecule has 0 aromatic heterocycles. The first-order valence-electron chi connectivity index (χ1n) is 2.17. The lowest BCUT2D eigenvalue weighted by Crippen LogP contribution is -2.26. The summed E-state index contributed by atoms with van der Waals surface area (Å²) in [6, 6.07) is 0. The van der Waals surface area contributed by atoms with Gasteiger partial charge in [-0.2, -0.15) is 22.0 Å². The molecule has 1 unspecified atom stereocenters. The maximum absolute atomic E-state index is 11.9. The Balaban J connectivity index is 4.70. The van der Waals surface area contributed by atoms with E-state index in [9.17, 15) is 26.3 Å². The van der Waals surface area contributed by atoms with Crippen LogP contribution in [0.15, 0.2) is 11.9 Å². The van der Waals surface area contributed by atoms with Crippen LogP contribution < -0.4 is 0 Å². The molecule has 0 radical (unpaired) electrons. The Morgan fingerprint density at radius 3 is 1.64 bits per heavy atom. The van der Waals surface area contributed by atoms with E-state index in [0.29, 0.717) is 0 Å². The molecule has 7 heteroatoms. The Bertz CT molecular complexity index is 169. The molecule has 0 N–H and O–H groups in total. The Labute approximate surface area is 66.0 Å². The largest absolute Gasteiger partial charge is 0.344 e. The van der Waals surface area contributed by atoms with Gasteiger partial charge in [-0.1, -0.05) is 0 Å². The van der Waals surface area contributed by atoms with Gasteiger partial charge >= 0.3 is 12.0 Å². The Morgan fingerprint density at radius 1 is 1.18 bits per heavy atom. The number of alkyl halides is 4. The average Bonchev–Trinajstić information content (AvgIpc) is 1.85. The van der Waals surface area contributed by atoms with Crippen LogP contribution in [0.3, 0.4) is 0 Å². The summed E-state index contributed by atoms with van der Waals surface area (Å²) in [7, 11) is 0. The van der Waals surface area contributed by atoms with Crippen LogP contribution >= 0.6 is 15.9 Å². The molecule has 0 saturated heterocycles. The van der Waals surface area contributed by atoms with Crippen LogP contribution in [0.5, 0.6) is 0 Å². The highest BCUT2D eigenvalue weighted by Gasteiger charge is 2.46. The quantitative estimate of drug-likeness (QED) is 0.515. The van der Waals surface area contributed by atoms with Gasteiger partial charge in [-0.15, -0.1) is 0 Å². The predicted molar refractivity (Wildman–Crippen MR) is 29.1 cm³/mol.